The Kier molecular flexibility index (Phi) is 3.71. The van der Waals surface area contributed by atoms with Crippen molar-refractivity contribution in [1.29, 1.82) is 0 Å². The molecule has 3 N–H and O–H groups in total. The van der Waals surface area contributed by atoms with E-state index in [-0.39, 0.29) is 11.7 Å². The van der Waals surface area contributed by atoms with Gasteiger partial charge in [0, 0.05) is 12.4 Å². The molecule has 0 spiro atoms. The molecule has 0 atom stereocenters. The number of hydrogen-bond acceptors (Lipinski definition) is 7. The Morgan fingerprint density at radius 2 is 2.11 bits per heavy atom. The van der Waals surface area contributed by atoms with Crippen molar-refractivity contribution < 1.29 is 14.1 Å². The Labute approximate surface area is 111 Å². The molecular formula is C9H10N6O3S. The summed E-state index contributed by atoms with van der Waals surface area (Å²) in [6.07, 6.45) is 0. The predicted molar refractivity (Wildman–Crippen MR) is 65.2 cm³/mol. The first-order valence-corrected chi connectivity index (χ1v) is 6.02. The third-order valence-corrected chi connectivity index (χ3v) is 2.76. The minimum atomic E-state index is -0.714. The number of carbonyl (C=O) groups excluding carboxylic acids is 2. The predicted octanol–water partition coefficient (Wildman–Crippen LogP) is 0.0753. The van der Waals surface area contributed by atoms with Gasteiger partial charge in [0.05, 0.1) is 5.01 Å². The average molecular weight is 282 g/mol. The van der Waals surface area contributed by atoms with Crippen molar-refractivity contribution in [3.63, 3.8) is 0 Å². The summed E-state index contributed by atoms with van der Waals surface area (Å²) in [4.78, 5) is 30.5. The monoisotopic (exact) mass is 282 g/mol. The fourth-order valence-electron chi connectivity index (χ4n) is 1.12. The average Bonchev–Trinajstić information content (AvgIpc) is 3.03. The van der Waals surface area contributed by atoms with Crippen LogP contribution in [0, 0.1) is 6.92 Å². The second kappa shape index (κ2) is 5.44. The molecule has 100 valence electrons. The number of thiazole rings is 1. The fourth-order valence-corrected chi connectivity index (χ4v) is 1.71. The molecule has 2 heterocycles. The van der Waals surface area contributed by atoms with Gasteiger partial charge >= 0.3 is 17.8 Å². The molecule has 3 amide bonds. The van der Waals surface area contributed by atoms with Crippen LogP contribution in [0.5, 0.6) is 0 Å². The molecule has 19 heavy (non-hydrogen) atoms. The molecule has 2 rings (SSSR count). The summed E-state index contributed by atoms with van der Waals surface area (Å²) in [5.74, 6) is -0.763. The third kappa shape index (κ3) is 3.04. The van der Waals surface area contributed by atoms with Crippen LogP contribution in [-0.2, 0) is 0 Å². The lowest BCUT2D eigenvalue weighted by atomic mass is 10.5. The summed E-state index contributed by atoms with van der Waals surface area (Å²) >= 11 is 1.44. The smallest absolute Gasteiger partial charge is 0.333 e. The highest BCUT2D eigenvalue weighted by Gasteiger charge is 2.17. The number of aromatic nitrogens is 3. The zero-order chi connectivity index (χ0) is 13.8. The van der Waals surface area contributed by atoms with Crippen molar-refractivity contribution in [3.8, 4) is 11.5 Å². The number of hydrogen-bond donors (Lipinski definition) is 3. The number of aryl methyl sites for hydroxylation is 1. The van der Waals surface area contributed by atoms with E-state index in [1.165, 1.54) is 18.4 Å². The van der Waals surface area contributed by atoms with Crippen LogP contribution in [0.4, 0.5) is 4.79 Å². The highest BCUT2D eigenvalue weighted by molar-refractivity contribution is 7.09. The molecule has 10 heteroatoms. The Hall–Kier alpha value is -2.49. The molecule has 0 saturated heterocycles. The van der Waals surface area contributed by atoms with Crippen LogP contribution in [-0.4, -0.2) is 34.1 Å². The molecule has 0 aliphatic heterocycles. The first-order chi connectivity index (χ1) is 9.10. The van der Waals surface area contributed by atoms with Crippen LogP contribution in [0.1, 0.15) is 15.7 Å². The van der Waals surface area contributed by atoms with E-state index in [1.807, 2.05) is 6.92 Å². The van der Waals surface area contributed by atoms with Crippen LogP contribution in [0.3, 0.4) is 0 Å². The van der Waals surface area contributed by atoms with Gasteiger partial charge in [0.25, 0.3) is 0 Å². The number of hydrazine groups is 1. The molecule has 0 unspecified atom stereocenters. The van der Waals surface area contributed by atoms with E-state index >= 15 is 0 Å². The molecule has 0 radical (unpaired) electrons. The molecule has 0 aromatic carbocycles. The van der Waals surface area contributed by atoms with Gasteiger partial charge in [-0.2, -0.15) is 4.98 Å². The minimum absolute atomic E-state index is 0.217. The fraction of sp³-hybridized carbons (Fsp3) is 0.222. The van der Waals surface area contributed by atoms with Crippen LogP contribution >= 0.6 is 11.3 Å². The van der Waals surface area contributed by atoms with Crippen molar-refractivity contribution in [2.24, 2.45) is 0 Å². The standard InChI is InChI=1S/C9H10N6O3S/c1-4-11-5(3-19-4)6-12-8(18-15-6)7(16)13-14-9(17)10-2/h3H,1-2H3,(H,13,16)(H2,10,14,17). The Balaban J connectivity index is 2.04. The number of rotatable bonds is 2. The van der Waals surface area contributed by atoms with Gasteiger partial charge in [0.15, 0.2) is 0 Å². The quantitative estimate of drug-likeness (QED) is 0.670. The van der Waals surface area contributed by atoms with Gasteiger partial charge in [-0.05, 0) is 6.92 Å². The summed E-state index contributed by atoms with van der Waals surface area (Å²) < 4.78 is 4.78. The zero-order valence-electron chi connectivity index (χ0n) is 10.1. The molecule has 9 nitrogen and oxygen atoms in total. The number of amides is 3. The summed E-state index contributed by atoms with van der Waals surface area (Å²) in [6.45, 7) is 1.84. The van der Waals surface area contributed by atoms with Crippen molar-refractivity contribution in [1.82, 2.24) is 31.3 Å². The van der Waals surface area contributed by atoms with Crippen molar-refractivity contribution in [2.75, 3.05) is 7.05 Å². The lowest BCUT2D eigenvalue weighted by molar-refractivity contribution is 0.0892. The molecule has 0 aliphatic rings. The van der Waals surface area contributed by atoms with E-state index in [1.54, 1.807) is 5.38 Å². The Bertz CT molecular complexity index is 607. The van der Waals surface area contributed by atoms with Crippen molar-refractivity contribution in [2.45, 2.75) is 6.92 Å². The maximum atomic E-state index is 11.5. The molecule has 0 saturated carbocycles. The molecule has 0 aliphatic carbocycles. The number of urea groups is 1. The van der Waals surface area contributed by atoms with Crippen LogP contribution in [0.25, 0.3) is 11.5 Å². The topological polar surface area (TPSA) is 122 Å². The SMILES string of the molecule is CNC(=O)NNC(=O)c1nc(-c2csc(C)n2)no1. The first-order valence-electron chi connectivity index (χ1n) is 5.14. The van der Waals surface area contributed by atoms with Gasteiger partial charge in [-0.3, -0.25) is 10.2 Å². The summed E-state index contributed by atoms with van der Waals surface area (Å²) in [5.41, 5.74) is 4.73. The second-order valence-corrected chi connectivity index (χ2v) is 4.40. The van der Waals surface area contributed by atoms with Crippen LogP contribution < -0.4 is 16.2 Å². The first kappa shape index (κ1) is 13.0. The van der Waals surface area contributed by atoms with Gasteiger partial charge in [-0.1, -0.05) is 5.16 Å². The highest BCUT2D eigenvalue weighted by Crippen LogP contribution is 2.18. The minimum Gasteiger partial charge on any atom is -0.340 e. The van der Waals surface area contributed by atoms with Crippen LogP contribution in [0.15, 0.2) is 9.90 Å². The van der Waals surface area contributed by atoms with Gasteiger partial charge < -0.3 is 9.84 Å². The van der Waals surface area contributed by atoms with Gasteiger partial charge in [0.1, 0.15) is 5.69 Å². The van der Waals surface area contributed by atoms with E-state index < -0.39 is 11.9 Å². The Morgan fingerprint density at radius 1 is 1.32 bits per heavy atom. The highest BCUT2D eigenvalue weighted by atomic mass is 32.1. The van der Waals surface area contributed by atoms with E-state index in [4.69, 9.17) is 4.52 Å². The van der Waals surface area contributed by atoms with E-state index in [9.17, 15) is 9.59 Å². The maximum Gasteiger partial charge on any atom is 0.333 e. The lowest BCUT2D eigenvalue weighted by Crippen LogP contribution is -2.45. The van der Waals surface area contributed by atoms with Gasteiger partial charge in [-0.25, -0.2) is 15.2 Å². The number of nitrogens with zero attached hydrogens (tertiary/aromatic N) is 3. The molecule has 0 fully saturated rings. The zero-order valence-corrected chi connectivity index (χ0v) is 10.9. The molecular weight excluding hydrogens is 272 g/mol. The third-order valence-electron chi connectivity index (χ3n) is 1.99. The van der Waals surface area contributed by atoms with Gasteiger partial charge in [-0.15, -0.1) is 11.3 Å². The molecule has 2 aromatic heterocycles. The second-order valence-electron chi connectivity index (χ2n) is 3.33. The van der Waals surface area contributed by atoms with E-state index in [0.717, 1.165) is 5.01 Å². The van der Waals surface area contributed by atoms with E-state index in [0.29, 0.717) is 5.69 Å². The molecule has 2 aromatic rings. The normalized spacial score (nSPS) is 10.0. The lowest BCUT2D eigenvalue weighted by Gasteiger charge is -2.02. The maximum absolute atomic E-state index is 11.5. The number of carbonyl (C=O) groups is 2. The molecule has 0 bridgehead atoms. The van der Waals surface area contributed by atoms with Crippen molar-refractivity contribution >= 4 is 23.3 Å². The van der Waals surface area contributed by atoms with E-state index in [2.05, 4.69) is 31.3 Å². The largest absolute Gasteiger partial charge is 0.340 e. The Morgan fingerprint density at radius 3 is 2.74 bits per heavy atom. The van der Waals surface area contributed by atoms with Gasteiger partial charge in [0.2, 0.25) is 5.82 Å². The summed E-state index contributed by atoms with van der Waals surface area (Å²) in [5, 5.41) is 8.51. The summed E-state index contributed by atoms with van der Waals surface area (Å²) in [7, 11) is 1.41. The van der Waals surface area contributed by atoms with Crippen molar-refractivity contribution in [3.05, 3.63) is 16.3 Å². The van der Waals surface area contributed by atoms with Crippen LogP contribution in [0.2, 0.25) is 0 Å². The summed E-state index contributed by atoms with van der Waals surface area (Å²) in [6, 6.07) is -0.566. The number of nitrogens with one attached hydrogen (secondary N) is 3.